The largest absolute Gasteiger partial charge is 0.497 e. The van der Waals surface area contributed by atoms with E-state index in [1.165, 1.54) is 0 Å². The van der Waals surface area contributed by atoms with E-state index in [-0.39, 0.29) is 23.6 Å². The molecule has 176 valence electrons. The zero-order valence-electron chi connectivity index (χ0n) is 19.4. The van der Waals surface area contributed by atoms with Crippen molar-refractivity contribution in [2.75, 3.05) is 26.7 Å². The molecule has 0 unspecified atom stereocenters. The van der Waals surface area contributed by atoms with Crippen molar-refractivity contribution in [1.29, 1.82) is 0 Å². The molecule has 1 fully saturated rings. The quantitative estimate of drug-likeness (QED) is 0.544. The summed E-state index contributed by atoms with van der Waals surface area (Å²) in [5.74, 6) is 0.205. The number of carbonyl (C=O) groups is 3. The van der Waals surface area contributed by atoms with Gasteiger partial charge >= 0.3 is 0 Å². The van der Waals surface area contributed by atoms with Crippen molar-refractivity contribution in [2.45, 2.75) is 44.6 Å². The number of ether oxygens (including phenoxy) is 1. The lowest BCUT2D eigenvalue weighted by molar-refractivity contribution is -0.139. The Bertz CT molecular complexity index is 930. The maximum atomic E-state index is 13.2. The summed E-state index contributed by atoms with van der Waals surface area (Å²) in [6.45, 7) is 3.50. The molecule has 1 aliphatic rings. The minimum Gasteiger partial charge on any atom is -0.497 e. The molecule has 2 aromatic rings. The van der Waals surface area contributed by atoms with Gasteiger partial charge in [0, 0.05) is 25.2 Å². The standard InChI is InChI=1S/C26H33N3O4/c1-3-22(19-9-5-4-6-10-19)26(32)29-18-7-11-23(29)25(31)28-17-8-16-27-24(30)20-12-14-21(33-2)15-13-20/h4-6,9-10,12-15,22-23H,3,7-8,11,16-18H2,1-2H3,(H,27,30)(H,28,31)/t22-,23+/m1/s1. The van der Waals surface area contributed by atoms with E-state index >= 15 is 0 Å². The molecule has 1 heterocycles. The maximum Gasteiger partial charge on any atom is 0.251 e. The van der Waals surface area contributed by atoms with Crippen LogP contribution in [0.15, 0.2) is 54.6 Å². The van der Waals surface area contributed by atoms with Gasteiger partial charge in [-0.3, -0.25) is 14.4 Å². The summed E-state index contributed by atoms with van der Waals surface area (Å²) in [7, 11) is 1.58. The molecule has 3 rings (SSSR count). The normalized spacial score (nSPS) is 16.2. The second kappa shape index (κ2) is 12.0. The van der Waals surface area contributed by atoms with Crippen molar-refractivity contribution >= 4 is 17.7 Å². The van der Waals surface area contributed by atoms with Gasteiger partial charge in [0.1, 0.15) is 11.8 Å². The highest BCUT2D eigenvalue weighted by atomic mass is 16.5. The summed E-state index contributed by atoms with van der Waals surface area (Å²) in [5.41, 5.74) is 1.55. The first-order valence-corrected chi connectivity index (χ1v) is 11.6. The molecule has 0 radical (unpaired) electrons. The number of likely N-dealkylation sites (tertiary alicyclic amines) is 1. The van der Waals surface area contributed by atoms with Gasteiger partial charge in [0.05, 0.1) is 13.0 Å². The zero-order valence-corrected chi connectivity index (χ0v) is 19.4. The Labute approximate surface area is 195 Å². The van der Waals surface area contributed by atoms with E-state index in [0.29, 0.717) is 50.2 Å². The van der Waals surface area contributed by atoms with Crippen LogP contribution in [0.5, 0.6) is 5.75 Å². The third-order valence-corrected chi connectivity index (χ3v) is 6.04. The molecule has 33 heavy (non-hydrogen) atoms. The zero-order chi connectivity index (χ0) is 23.6. The Kier molecular flexibility index (Phi) is 8.87. The van der Waals surface area contributed by atoms with Crippen LogP contribution >= 0.6 is 0 Å². The first-order valence-electron chi connectivity index (χ1n) is 11.6. The Morgan fingerprint density at radius 2 is 1.73 bits per heavy atom. The van der Waals surface area contributed by atoms with E-state index in [9.17, 15) is 14.4 Å². The van der Waals surface area contributed by atoms with E-state index in [1.54, 1.807) is 36.3 Å². The number of benzene rings is 2. The fourth-order valence-corrected chi connectivity index (χ4v) is 4.21. The van der Waals surface area contributed by atoms with Crippen LogP contribution in [-0.4, -0.2) is 55.4 Å². The number of nitrogens with one attached hydrogen (secondary N) is 2. The summed E-state index contributed by atoms with van der Waals surface area (Å²) in [6.07, 6.45) is 2.81. The number of hydrogen-bond donors (Lipinski definition) is 2. The van der Waals surface area contributed by atoms with Crippen LogP contribution in [-0.2, 0) is 9.59 Å². The third-order valence-electron chi connectivity index (χ3n) is 6.04. The smallest absolute Gasteiger partial charge is 0.251 e. The van der Waals surface area contributed by atoms with Gasteiger partial charge in [-0.1, -0.05) is 37.3 Å². The molecule has 0 saturated carbocycles. The predicted molar refractivity (Wildman–Crippen MR) is 127 cm³/mol. The lowest BCUT2D eigenvalue weighted by Gasteiger charge is -2.28. The molecule has 2 N–H and O–H groups in total. The predicted octanol–water partition coefficient (Wildman–Crippen LogP) is 3.12. The van der Waals surface area contributed by atoms with Crippen molar-refractivity contribution in [2.24, 2.45) is 0 Å². The minimum atomic E-state index is -0.427. The van der Waals surface area contributed by atoms with E-state index in [1.807, 2.05) is 37.3 Å². The average Bonchev–Trinajstić information content (AvgIpc) is 3.35. The van der Waals surface area contributed by atoms with Crippen LogP contribution in [0, 0.1) is 0 Å². The van der Waals surface area contributed by atoms with E-state index in [2.05, 4.69) is 10.6 Å². The number of rotatable bonds is 10. The molecule has 0 spiro atoms. The number of nitrogens with zero attached hydrogens (tertiary/aromatic N) is 1. The molecule has 3 amide bonds. The second-order valence-electron chi connectivity index (χ2n) is 8.19. The first kappa shape index (κ1) is 24.3. The number of methoxy groups -OCH3 is 1. The third kappa shape index (κ3) is 6.34. The van der Waals surface area contributed by atoms with Crippen LogP contribution in [0.25, 0.3) is 0 Å². The molecule has 0 aliphatic carbocycles. The highest BCUT2D eigenvalue weighted by Crippen LogP contribution is 2.27. The Balaban J connectivity index is 1.44. The van der Waals surface area contributed by atoms with E-state index < -0.39 is 6.04 Å². The average molecular weight is 452 g/mol. The van der Waals surface area contributed by atoms with Crippen LogP contribution < -0.4 is 15.4 Å². The SMILES string of the molecule is CC[C@@H](C(=O)N1CCC[C@H]1C(=O)NCCCNC(=O)c1ccc(OC)cc1)c1ccccc1. The number of amides is 3. The summed E-state index contributed by atoms with van der Waals surface area (Å²) in [6, 6.07) is 16.2. The highest BCUT2D eigenvalue weighted by molar-refractivity contribution is 5.94. The molecule has 7 nitrogen and oxygen atoms in total. The summed E-state index contributed by atoms with van der Waals surface area (Å²) in [4.78, 5) is 39.9. The van der Waals surface area contributed by atoms with Crippen LogP contribution in [0.1, 0.15) is 54.4 Å². The van der Waals surface area contributed by atoms with Crippen molar-refractivity contribution in [3.05, 3.63) is 65.7 Å². The molecule has 7 heteroatoms. The van der Waals surface area contributed by atoms with Crippen molar-refractivity contribution in [3.63, 3.8) is 0 Å². The Hall–Kier alpha value is -3.35. The van der Waals surface area contributed by atoms with Gasteiger partial charge in [-0.2, -0.15) is 0 Å². The van der Waals surface area contributed by atoms with Gasteiger partial charge in [0.25, 0.3) is 5.91 Å². The summed E-state index contributed by atoms with van der Waals surface area (Å²) >= 11 is 0. The number of hydrogen-bond acceptors (Lipinski definition) is 4. The second-order valence-corrected chi connectivity index (χ2v) is 8.19. The minimum absolute atomic E-state index is 0.0214. The molecular formula is C26H33N3O4. The Morgan fingerprint density at radius 1 is 1.03 bits per heavy atom. The topological polar surface area (TPSA) is 87.7 Å². The van der Waals surface area contributed by atoms with Gasteiger partial charge in [-0.05, 0) is 55.5 Å². The lowest BCUT2D eigenvalue weighted by atomic mass is 9.94. The summed E-state index contributed by atoms with van der Waals surface area (Å²) in [5, 5.41) is 5.79. The molecule has 1 saturated heterocycles. The van der Waals surface area contributed by atoms with Crippen molar-refractivity contribution in [1.82, 2.24) is 15.5 Å². The molecule has 0 bridgehead atoms. The molecule has 1 aliphatic heterocycles. The molecule has 2 atom stereocenters. The Morgan fingerprint density at radius 3 is 2.39 bits per heavy atom. The van der Waals surface area contributed by atoms with E-state index in [4.69, 9.17) is 4.74 Å². The fraction of sp³-hybridized carbons (Fsp3) is 0.423. The van der Waals surface area contributed by atoms with Gasteiger partial charge in [-0.25, -0.2) is 0 Å². The van der Waals surface area contributed by atoms with Crippen LogP contribution in [0.4, 0.5) is 0 Å². The van der Waals surface area contributed by atoms with Crippen molar-refractivity contribution in [3.8, 4) is 5.75 Å². The molecule has 2 aromatic carbocycles. The monoisotopic (exact) mass is 451 g/mol. The maximum absolute atomic E-state index is 13.2. The van der Waals surface area contributed by atoms with Crippen molar-refractivity contribution < 1.29 is 19.1 Å². The lowest BCUT2D eigenvalue weighted by Crippen LogP contribution is -2.47. The highest BCUT2D eigenvalue weighted by Gasteiger charge is 2.36. The molecular weight excluding hydrogens is 418 g/mol. The fourth-order valence-electron chi connectivity index (χ4n) is 4.21. The van der Waals surface area contributed by atoms with E-state index in [0.717, 1.165) is 12.0 Å². The number of carbonyl (C=O) groups excluding carboxylic acids is 3. The van der Waals surface area contributed by atoms with Gasteiger partial charge in [0.15, 0.2) is 0 Å². The first-order chi connectivity index (χ1) is 16.0. The van der Waals surface area contributed by atoms with Crippen LogP contribution in [0.2, 0.25) is 0 Å². The summed E-state index contributed by atoms with van der Waals surface area (Å²) < 4.78 is 5.09. The van der Waals surface area contributed by atoms with Gasteiger partial charge < -0.3 is 20.3 Å². The molecule has 0 aromatic heterocycles. The van der Waals surface area contributed by atoms with Gasteiger partial charge in [0.2, 0.25) is 11.8 Å². The van der Waals surface area contributed by atoms with Gasteiger partial charge in [-0.15, -0.1) is 0 Å². The van der Waals surface area contributed by atoms with Crippen LogP contribution in [0.3, 0.4) is 0 Å².